The number of ether oxygens (including phenoxy) is 1. The quantitative estimate of drug-likeness (QED) is 0.421. The van der Waals surface area contributed by atoms with Crippen molar-refractivity contribution in [1.29, 1.82) is 5.41 Å². The molecule has 1 aliphatic rings. The summed E-state index contributed by atoms with van der Waals surface area (Å²) in [5.74, 6) is 2.67. The van der Waals surface area contributed by atoms with E-state index < -0.39 is 0 Å². The van der Waals surface area contributed by atoms with Gasteiger partial charge >= 0.3 is 0 Å². The van der Waals surface area contributed by atoms with Crippen LogP contribution >= 0.6 is 0 Å². The van der Waals surface area contributed by atoms with Crippen LogP contribution in [0.3, 0.4) is 0 Å². The van der Waals surface area contributed by atoms with Gasteiger partial charge in [-0.3, -0.25) is 5.41 Å². The topological polar surface area (TPSA) is 74.4 Å². The lowest BCUT2D eigenvalue weighted by Crippen LogP contribution is -2.39. The first-order valence-corrected chi connectivity index (χ1v) is 12.1. The SMILES string of the molecule is CCc1cc(=C2NC=C(C)O2)cc(C)c1=C(N)C=CC(=N)N(C)C(CC(C)C)CC(C)(C)C. The Morgan fingerprint density at radius 2 is 1.88 bits per heavy atom. The average Bonchev–Trinajstić information content (AvgIpc) is 3.15. The normalized spacial score (nSPS) is 17.6. The van der Waals surface area contributed by atoms with Gasteiger partial charge in [-0.25, -0.2) is 0 Å². The maximum atomic E-state index is 8.69. The molecule has 0 amide bonds. The van der Waals surface area contributed by atoms with Crippen LogP contribution in [0, 0.1) is 23.7 Å². The number of allylic oxidation sites excluding steroid dienone is 1. The Balaban J connectivity index is 2.36. The van der Waals surface area contributed by atoms with Gasteiger partial charge in [-0.2, -0.15) is 0 Å². The number of rotatable bonds is 7. The predicted octanol–water partition coefficient (Wildman–Crippen LogP) is 4.49. The van der Waals surface area contributed by atoms with Gasteiger partial charge in [-0.05, 0) is 79.9 Å². The summed E-state index contributed by atoms with van der Waals surface area (Å²) in [5.41, 5.74) is 9.71. The molecular weight excluding hydrogens is 408 g/mol. The number of amidine groups is 1. The molecule has 4 N–H and O–H groups in total. The fraction of sp³-hybridized carbons (Fsp3) is 0.536. The molecule has 0 aliphatic carbocycles. The van der Waals surface area contributed by atoms with Crippen LogP contribution in [-0.4, -0.2) is 23.8 Å². The van der Waals surface area contributed by atoms with Crippen molar-refractivity contribution in [2.45, 2.75) is 80.7 Å². The summed E-state index contributed by atoms with van der Waals surface area (Å²) in [5, 5.41) is 13.9. The van der Waals surface area contributed by atoms with Gasteiger partial charge in [0.05, 0.1) is 0 Å². The molecule has 5 nitrogen and oxygen atoms in total. The number of nitrogens with zero attached hydrogens (tertiary/aromatic N) is 1. The lowest BCUT2D eigenvalue weighted by Gasteiger charge is -2.35. The molecule has 2 rings (SSSR count). The third-order valence-corrected chi connectivity index (χ3v) is 5.96. The molecule has 5 heteroatoms. The second kappa shape index (κ2) is 11.0. The Morgan fingerprint density at radius 3 is 2.39 bits per heavy atom. The zero-order chi connectivity index (χ0) is 24.9. The maximum absolute atomic E-state index is 8.69. The molecule has 0 radical (unpaired) electrons. The molecule has 1 unspecified atom stereocenters. The summed E-state index contributed by atoms with van der Waals surface area (Å²) in [6.45, 7) is 17.4. The number of aryl methyl sites for hydroxylation is 2. The minimum absolute atomic E-state index is 0.210. The monoisotopic (exact) mass is 452 g/mol. The molecule has 182 valence electrons. The lowest BCUT2D eigenvalue weighted by molar-refractivity contribution is 0.219. The largest absolute Gasteiger partial charge is 0.444 e. The first-order chi connectivity index (χ1) is 15.3. The van der Waals surface area contributed by atoms with Crippen molar-refractivity contribution in [1.82, 2.24) is 10.2 Å². The number of nitrogens with two attached hydrogens (primary N) is 1. The molecule has 33 heavy (non-hydrogen) atoms. The number of hydrogen-bond donors (Lipinski definition) is 3. The van der Waals surface area contributed by atoms with Crippen molar-refractivity contribution in [2.75, 3.05) is 7.05 Å². The molecule has 1 heterocycles. The second-order valence-electron chi connectivity index (χ2n) is 10.8. The molecule has 1 atom stereocenters. The van der Waals surface area contributed by atoms with Crippen LogP contribution in [0.2, 0.25) is 0 Å². The first kappa shape index (κ1) is 26.6. The minimum atomic E-state index is 0.210. The molecule has 1 aliphatic heterocycles. The molecule has 0 saturated carbocycles. The van der Waals surface area contributed by atoms with Crippen LogP contribution in [0.4, 0.5) is 0 Å². The number of hydrogen-bond acceptors (Lipinski definition) is 4. The summed E-state index contributed by atoms with van der Waals surface area (Å²) in [6, 6.07) is 4.56. The Morgan fingerprint density at radius 1 is 1.21 bits per heavy atom. The van der Waals surface area contributed by atoms with Gasteiger partial charge in [0.1, 0.15) is 11.6 Å². The molecule has 0 saturated heterocycles. The first-order valence-electron chi connectivity index (χ1n) is 12.1. The fourth-order valence-corrected chi connectivity index (χ4v) is 4.41. The number of nitrogens with one attached hydrogen (secondary N) is 2. The zero-order valence-corrected chi connectivity index (χ0v) is 22.1. The van der Waals surface area contributed by atoms with E-state index in [0.717, 1.165) is 46.9 Å². The molecule has 1 aromatic carbocycles. The highest BCUT2D eigenvalue weighted by Crippen LogP contribution is 2.27. The van der Waals surface area contributed by atoms with E-state index in [1.54, 1.807) is 0 Å². The lowest BCUT2D eigenvalue weighted by atomic mass is 9.84. The highest BCUT2D eigenvalue weighted by molar-refractivity contribution is 5.91. The van der Waals surface area contributed by atoms with Gasteiger partial charge < -0.3 is 20.7 Å². The van der Waals surface area contributed by atoms with Crippen molar-refractivity contribution < 1.29 is 4.74 Å². The summed E-state index contributed by atoms with van der Waals surface area (Å²) < 4.78 is 5.77. The summed E-state index contributed by atoms with van der Waals surface area (Å²) >= 11 is 0. The molecule has 1 aromatic rings. The minimum Gasteiger partial charge on any atom is -0.444 e. The van der Waals surface area contributed by atoms with Crippen molar-refractivity contribution in [3.63, 3.8) is 0 Å². The Hall–Kier alpha value is -2.69. The highest BCUT2D eigenvalue weighted by Gasteiger charge is 2.24. The standard InChI is InChI=1S/C28H44N4O/c1-10-21-15-22(27-31-17-20(5)33-27)14-19(4)26(21)24(29)11-12-25(30)32(9)23(13-18(2)3)16-28(6,7)8/h11-12,14-15,17-18,23,30-31H,10,13,16,29H2,1-9H3. The van der Waals surface area contributed by atoms with E-state index in [2.05, 4.69) is 70.8 Å². The van der Waals surface area contributed by atoms with E-state index in [9.17, 15) is 0 Å². The molecular formula is C28H44N4O. The van der Waals surface area contributed by atoms with Gasteiger partial charge in [0, 0.05) is 35.4 Å². The van der Waals surface area contributed by atoms with Crippen molar-refractivity contribution >= 4 is 17.4 Å². The van der Waals surface area contributed by atoms with E-state index in [1.165, 1.54) is 5.56 Å². The highest BCUT2D eigenvalue weighted by atomic mass is 16.5. The molecule has 0 bridgehead atoms. The van der Waals surface area contributed by atoms with Crippen LogP contribution in [0.1, 0.15) is 72.4 Å². The smallest absolute Gasteiger partial charge is 0.204 e. The van der Waals surface area contributed by atoms with Crippen LogP contribution in [0.25, 0.3) is 11.6 Å². The van der Waals surface area contributed by atoms with Crippen molar-refractivity contribution in [3.8, 4) is 0 Å². The maximum Gasteiger partial charge on any atom is 0.204 e. The third kappa shape index (κ3) is 7.41. The zero-order valence-electron chi connectivity index (χ0n) is 22.1. The van der Waals surface area contributed by atoms with E-state index in [-0.39, 0.29) is 5.41 Å². The summed E-state index contributed by atoms with van der Waals surface area (Å²) in [7, 11) is 2.03. The van der Waals surface area contributed by atoms with Crippen LogP contribution in [0.5, 0.6) is 0 Å². The fourth-order valence-electron chi connectivity index (χ4n) is 4.41. The van der Waals surface area contributed by atoms with E-state index in [0.29, 0.717) is 23.5 Å². The van der Waals surface area contributed by atoms with E-state index >= 15 is 0 Å². The van der Waals surface area contributed by atoms with E-state index in [4.69, 9.17) is 15.9 Å². The number of likely N-dealkylation sites (N-methyl/N-ethyl adjacent to an activating group) is 1. The molecule has 0 fully saturated rings. The van der Waals surface area contributed by atoms with Gasteiger partial charge in [0.25, 0.3) is 0 Å². The Bertz CT molecular complexity index is 1040. The number of benzene rings is 1. The van der Waals surface area contributed by atoms with Crippen LogP contribution in [-0.2, 0) is 11.2 Å². The van der Waals surface area contributed by atoms with Crippen LogP contribution < -0.4 is 21.5 Å². The summed E-state index contributed by atoms with van der Waals surface area (Å²) in [4.78, 5) is 2.10. The molecule has 0 aromatic heterocycles. The van der Waals surface area contributed by atoms with Crippen molar-refractivity contribution in [3.05, 3.63) is 57.8 Å². The second-order valence-corrected chi connectivity index (χ2v) is 10.8. The predicted molar refractivity (Wildman–Crippen MR) is 141 cm³/mol. The third-order valence-electron chi connectivity index (χ3n) is 5.96. The van der Waals surface area contributed by atoms with Gasteiger partial charge in [-0.15, -0.1) is 0 Å². The average molecular weight is 453 g/mol. The Kier molecular flexibility index (Phi) is 8.82. The van der Waals surface area contributed by atoms with Gasteiger partial charge in [0.15, 0.2) is 0 Å². The van der Waals surface area contributed by atoms with Gasteiger partial charge in [0.2, 0.25) is 5.88 Å². The van der Waals surface area contributed by atoms with E-state index in [1.807, 2.05) is 32.3 Å². The Labute approximate surface area is 200 Å². The van der Waals surface area contributed by atoms with Gasteiger partial charge in [-0.1, -0.05) is 41.5 Å². The summed E-state index contributed by atoms with van der Waals surface area (Å²) in [6.07, 6.45) is 8.54. The van der Waals surface area contributed by atoms with Crippen molar-refractivity contribution in [2.24, 2.45) is 17.1 Å². The molecule has 0 spiro atoms. The van der Waals surface area contributed by atoms with Crippen LogP contribution in [0.15, 0.2) is 36.2 Å².